The molecule has 110 valence electrons. The smallest absolute Gasteiger partial charge is 0.349 e. The number of aliphatic hydroxyl groups is 1. The topological polar surface area (TPSA) is 79.5 Å². The van der Waals surface area contributed by atoms with E-state index in [0.717, 1.165) is 11.8 Å². The monoisotopic (exact) mass is 287 g/mol. The van der Waals surface area contributed by atoms with Crippen molar-refractivity contribution in [3.63, 3.8) is 0 Å². The molecule has 0 saturated heterocycles. The van der Waals surface area contributed by atoms with Gasteiger partial charge in [-0.3, -0.25) is 4.79 Å². The van der Waals surface area contributed by atoms with Crippen LogP contribution in [0, 0.1) is 6.92 Å². The third kappa shape index (κ3) is 2.45. The first-order valence-electron chi connectivity index (χ1n) is 7.03. The van der Waals surface area contributed by atoms with E-state index in [1.165, 1.54) is 0 Å². The van der Waals surface area contributed by atoms with E-state index in [2.05, 4.69) is 5.32 Å². The Kier molecular flexibility index (Phi) is 3.29. The summed E-state index contributed by atoms with van der Waals surface area (Å²) < 4.78 is 5.19. The lowest BCUT2D eigenvalue weighted by molar-refractivity contribution is -0.0300. The number of benzene rings is 1. The summed E-state index contributed by atoms with van der Waals surface area (Å²) in [6, 6.07) is 7.11. The maximum Gasteiger partial charge on any atom is 0.349 e. The second kappa shape index (κ2) is 5.00. The maximum atomic E-state index is 12.2. The van der Waals surface area contributed by atoms with Crippen LogP contribution in [0.1, 0.15) is 35.2 Å². The van der Waals surface area contributed by atoms with Crippen LogP contribution >= 0.6 is 0 Å². The van der Waals surface area contributed by atoms with Crippen molar-refractivity contribution < 1.29 is 14.3 Å². The van der Waals surface area contributed by atoms with Crippen molar-refractivity contribution in [2.45, 2.75) is 31.8 Å². The molecule has 1 amide bonds. The molecular formula is C16H17NO4. The number of nitrogens with one attached hydrogen (secondary N) is 1. The van der Waals surface area contributed by atoms with Gasteiger partial charge >= 0.3 is 5.63 Å². The van der Waals surface area contributed by atoms with Crippen LogP contribution in [0.5, 0.6) is 0 Å². The fourth-order valence-corrected chi connectivity index (χ4v) is 2.66. The Balaban J connectivity index is 1.92. The molecule has 0 atom stereocenters. The summed E-state index contributed by atoms with van der Waals surface area (Å²) in [5.41, 5.74) is -0.393. The minimum absolute atomic E-state index is 0.0108. The molecule has 0 spiro atoms. The largest absolute Gasteiger partial charge is 0.422 e. The summed E-state index contributed by atoms with van der Waals surface area (Å²) in [4.78, 5) is 24.2. The van der Waals surface area contributed by atoms with Gasteiger partial charge in [0.25, 0.3) is 5.91 Å². The lowest BCUT2D eigenvalue weighted by atomic mass is 9.80. The number of carbonyl (C=O) groups is 1. The van der Waals surface area contributed by atoms with E-state index in [0.29, 0.717) is 24.0 Å². The van der Waals surface area contributed by atoms with Gasteiger partial charge in [0.05, 0.1) is 5.60 Å². The van der Waals surface area contributed by atoms with Crippen LogP contribution in [0.15, 0.2) is 33.5 Å². The minimum Gasteiger partial charge on any atom is -0.422 e. The summed E-state index contributed by atoms with van der Waals surface area (Å²) in [5, 5.41) is 13.4. The van der Waals surface area contributed by atoms with Gasteiger partial charge in [-0.15, -0.1) is 0 Å². The Morgan fingerprint density at radius 3 is 2.76 bits per heavy atom. The fraction of sp³-hybridized carbons (Fsp3) is 0.375. The Labute approximate surface area is 121 Å². The highest BCUT2D eigenvalue weighted by atomic mass is 16.4. The van der Waals surface area contributed by atoms with Crippen molar-refractivity contribution in [2.24, 2.45) is 0 Å². The molecule has 1 aliphatic rings. The van der Waals surface area contributed by atoms with Crippen LogP contribution in [0.2, 0.25) is 0 Å². The molecule has 1 aromatic heterocycles. The SMILES string of the molecule is Cc1c(C(=O)NCC2(O)CCC2)c(=O)oc2ccccc12. The predicted octanol–water partition coefficient (Wildman–Crippen LogP) is 1.75. The van der Waals surface area contributed by atoms with E-state index < -0.39 is 17.1 Å². The second-order valence-electron chi connectivity index (χ2n) is 5.65. The van der Waals surface area contributed by atoms with Gasteiger partial charge in [0, 0.05) is 11.9 Å². The Morgan fingerprint density at radius 1 is 1.38 bits per heavy atom. The van der Waals surface area contributed by atoms with E-state index in [1.807, 2.05) is 12.1 Å². The number of hydrogen-bond acceptors (Lipinski definition) is 4. The Morgan fingerprint density at radius 2 is 2.10 bits per heavy atom. The zero-order valence-corrected chi connectivity index (χ0v) is 11.8. The summed E-state index contributed by atoms with van der Waals surface area (Å²) in [7, 11) is 0. The van der Waals surface area contributed by atoms with Gasteiger partial charge in [-0.05, 0) is 37.8 Å². The van der Waals surface area contributed by atoms with Crippen LogP contribution in [-0.4, -0.2) is 23.2 Å². The average molecular weight is 287 g/mol. The summed E-state index contributed by atoms with van der Waals surface area (Å²) >= 11 is 0. The van der Waals surface area contributed by atoms with Crippen LogP contribution in [0.25, 0.3) is 11.0 Å². The second-order valence-corrected chi connectivity index (χ2v) is 5.65. The highest BCUT2D eigenvalue weighted by Crippen LogP contribution is 2.30. The van der Waals surface area contributed by atoms with Crippen molar-refractivity contribution in [2.75, 3.05) is 6.54 Å². The first-order chi connectivity index (χ1) is 10.0. The lowest BCUT2D eigenvalue weighted by Crippen LogP contribution is -2.48. The van der Waals surface area contributed by atoms with Gasteiger partial charge in [0.15, 0.2) is 0 Å². The minimum atomic E-state index is -0.819. The normalized spacial score (nSPS) is 16.5. The van der Waals surface area contributed by atoms with Crippen LogP contribution in [0.3, 0.4) is 0 Å². The number of para-hydroxylation sites is 1. The van der Waals surface area contributed by atoms with Crippen LogP contribution in [0.4, 0.5) is 0 Å². The van der Waals surface area contributed by atoms with E-state index >= 15 is 0 Å². The number of rotatable bonds is 3. The Bertz CT molecular complexity index is 758. The molecule has 21 heavy (non-hydrogen) atoms. The molecule has 0 unspecified atom stereocenters. The van der Waals surface area contributed by atoms with Crippen LogP contribution in [-0.2, 0) is 0 Å². The maximum absolute atomic E-state index is 12.2. The van der Waals surface area contributed by atoms with E-state index in [1.54, 1.807) is 19.1 Å². The molecule has 1 fully saturated rings. The average Bonchev–Trinajstić information content (AvgIpc) is 2.43. The zero-order valence-electron chi connectivity index (χ0n) is 11.8. The van der Waals surface area contributed by atoms with Gasteiger partial charge in [-0.25, -0.2) is 4.79 Å². The molecule has 1 saturated carbocycles. The van der Waals surface area contributed by atoms with Crippen molar-refractivity contribution in [3.8, 4) is 0 Å². The molecule has 1 aliphatic carbocycles. The molecule has 1 aromatic carbocycles. The van der Waals surface area contributed by atoms with Gasteiger partial charge in [-0.2, -0.15) is 0 Å². The summed E-state index contributed by atoms with van der Waals surface area (Å²) in [6.45, 7) is 1.89. The molecule has 5 nitrogen and oxygen atoms in total. The molecule has 3 rings (SSSR count). The first-order valence-corrected chi connectivity index (χ1v) is 7.03. The third-order valence-corrected chi connectivity index (χ3v) is 4.16. The standard InChI is InChI=1S/C16H17NO4/c1-10-11-5-2-3-6-12(11)21-15(19)13(10)14(18)17-9-16(20)7-4-8-16/h2-3,5-6,20H,4,7-9H2,1H3,(H,17,18). The van der Waals surface area contributed by atoms with Gasteiger partial charge in [0.2, 0.25) is 0 Å². The highest BCUT2D eigenvalue weighted by Gasteiger charge is 2.35. The van der Waals surface area contributed by atoms with Crippen LogP contribution < -0.4 is 10.9 Å². The molecule has 1 heterocycles. The van der Waals surface area contributed by atoms with Gasteiger partial charge in [0.1, 0.15) is 11.1 Å². The molecule has 0 aliphatic heterocycles. The van der Waals surface area contributed by atoms with Crippen molar-refractivity contribution in [1.29, 1.82) is 0 Å². The van der Waals surface area contributed by atoms with E-state index in [-0.39, 0.29) is 12.1 Å². The summed E-state index contributed by atoms with van der Waals surface area (Å²) in [5.74, 6) is -0.493. The number of carbonyl (C=O) groups excluding carboxylic acids is 1. The summed E-state index contributed by atoms with van der Waals surface area (Å²) in [6.07, 6.45) is 2.32. The predicted molar refractivity (Wildman–Crippen MR) is 78.4 cm³/mol. The van der Waals surface area contributed by atoms with E-state index in [9.17, 15) is 14.7 Å². The number of fused-ring (bicyclic) bond motifs is 1. The zero-order chi connectivity index (χ0) is 15.0. The lowest BCUT2D eigenvalue weighted by Gasteiger charge is -2.36. The van der Waals surface area contributed by atoms with Crippen molar-refractivity contribution in [1.82, 2.24) is 5.32 Å². The van der Waals surface area contributed by atoms with Gasteiger partial charge < -0.3 is 14.8 Å². The number of hydrogen-bond donors (Lipinski definition) is 2. The number of aryl methyl sites for hydroxylation is 1. The third-order valence-electron chi connectivity index (χ3n) is 4.16. The van der Waals surface area contributed by atoms with Crippen molar-refractivity contribution in [3.05, 3.63) is 45.8 Å². The highest BCUT2D eigenvalue weighted by molar-refractivity contribution is 5.99. The molecule has 2 aromatic rings. The van der Waals surface area contributed by atoms with Crippen molar-refractivity contribution >= 4 is 16.9 Å². The van der Waals surface area contributed by atoms with E-state index in [4.69, 9.17) is 4.42 Å². The fourth-order valence-electron chi connectivity index (χ4n) is 2.66. The molecule has 5 heteroatoms. The molecular weight excluding hydrogens is 270 g/mol. The quantitative estimate of drug-likeness (QED) is 0.843. The first kappa shape index (κ1) is 13.8. The molecule has 0 radical (unpaired) electrons. The molecule has 2 N–H and O–H groups in total. The number of amides is 1. The van der Waals surface area contributed by atoms with Gasteiger partial charge in [-0.1, -0.05) is 18.2 Å². The molecule has 0 bridgehead atoms. The Hall–Kier alpha value is -2.14.